The van der Waals surface area contributed by atoms with Gasteiger partial charge in [-0.2, -0.15) is 8.42 Å². The summed E-state index contributed by atoms with van der Waals surface area (Å²) >= 11 is 0. The van der Waals surface area contributed by atoms with Crippen LogP contribution >= 0.6 is 0 Å². The quantitative estimate of drug-likeness (QED) is 0.475. The number of hydrogen-bond acceptors (Lipinski definition) is 6. The molecule has 0 radical (unpaired) electrons. The van der Waals surface area contributed by atoms with Gasteiger partial charge in [-0.15, -0.1) is 0 Å². The van der Waals surface area contributed by atoms with Crippen molar-refractivity contribution in [3.05, 3.63) is 52.6 Å². The molecule has 0 spiro atoms. The van der Waals surface area contributed by atoms with Crippen molar-refractivity contribution in [3.63, 3.8) is 0 Å². The van der Waals surface area contributed by atoms with Gasteiger partial charge in [0.2, 0.25) is 0 Å². The molecule has 0 heterocycles. The second-order valence-corrected chi connectivity index (χ2v) is 7.93. The van der Waals surface area contributed by atoms with E-state index in [2.05, 4.69) is 5.32 Å². The molecule has 0 amide bonds. The Balaban J connectivity index is 2.02. The van der Waals surface area contributed by atoms with Crippen LogP contribution in [0.25, 0.3) is 0 Å². The fourth-order valence-electron chi connectivity index (χ4n) is 3.39. The van der Waals surface area contributed by atoms with Crippen molar-refractivity contribution in [2.45, 2.75) is 30.2 Å². The summed E-state index contributed by atoms with van der Waals surface area (Å²) in [7, 11) is -4.66. The number of fused-ring (bicyclic) bond motifs is 2. The molecule has 0 atom stereocenters. The van der Waals surface area contributed by atoms with Crippen molar-refractivity contribution in [1.29, 1.82) is 0 Å². The van der Waals surface area contributed by atoms with Gasteiger partial charge in [-0.25, -0.2) is 0 Å². The number of nitrogens with two attached hydrogens (primary N) is 1. The van der Waals surface area contributed by atoms with Crippen molar-refractivity contribution >= 4 is 33.1 Å². The third kappa shape index (κ3) is 2.41. The fraction of sp³-hybridized carbons (Fsp3) is 0.222. The third-order valence-corrected chi connectivity index (χ3v) is 5.84. The molecule has 0 unspecified atom stereocenters. The van der Waals surface area contributed by atoms with E-state index < -0.39 is 32.3 Å². The minimum absolute atomic E-state index is 0.0606. The molecule has 0 aromatic heterocycles. The van der Waals surface area contributed by atoms with Gasteiger partial charge in [-0.1, -0.05) is 24.3 Å². The summed E-state index contributed by atoms with van der Waals surface area (Å²) in [5.74, 6) is -0.930. The lowest BCUT2D eigenvalue weighted by Gasteiger charge is -2.30. The highest BCUT2D eigenvalue weighted by molar-refractivity contribution is 7.86. The van der Waals surface area contributed by atoms with E-state index in [-0.39, 0.29) is 34.0 Å². The van der Waals surface area contributed by atoms with E-state index in [0.717, 1.165) is 25.3 Å². The highest BCUT2D eigenvalue weighted by Crippen LogP contribution is 2.40. The molecular weight excluding hydrogens is 356 g/mol. The monoisotopic (exact) mass is 372 g/mol. The number of nitrogen functional groups attached to an aromatic ring is 1. The summed E-state index contributed by atoms with van der Waals surface area (Å²) in [6, 6.07) is 7.54. The topological polar surface area (TPSA) is 127 Å². The smallest absolute Gasteiger partial charge is 0.296 e. The third-order valence-electron chi connectivity index (χ3n) is 4.94. The highest BCUT2D eigenvalue weighted by atomic mass is 32.2. The van der Waals surface area contributed by atoms with Gasteiger partial charge >= 0.3 is 0 Å². The number of rotatable bonds is 3. The SMILES string of the molecule is Nc1c(S(=O)(=O)O)cc(NC2CCC2)c2c1C(=O)c1ccccc1C2=O. The van der Waals surface area contributed by atoms with Gasteiger partial charge in [-0.05, 0) is 25.3 Å². The molecule has 1 saturated carbocycles. The summed E-state index contributed by atoms with van der Waals surface area (Å²) in [4.78, 5) is 25.4. The molecule has 2 aliphatic rings. The van der Waals surface area contributed by atoms with Gasteiger partial charge in [0.05, 0.1) is 16.8 Å². The molecular formula is C18H16N2O5S. The van der Waals surface area contributed by atoms with Gasteiger partial charge in [0.1, 0.15) is 4.90 Å². The Morgan fingerprint density at radius 2 is 1.62 bits per heavy atom. The van der Waals surface area contributed by atoms with E-state index in [1.54, 1.807) is 18.2 Å². The fourth-order valence-corrected chi connectivity index (χ4v) is 4.04. The van der Waals surface area contributed by atoms with Gasteiger partial charge in [-0.3, -0.25) is 14.1 Å². The van der Waals surface area contributed by atoms with Crippen molar-refractivity contribution in [2.75, 3.05) is 11.1 Å². The Labute approximate surface area is 150 Å². The molecule has 2 aliphatic carbocycles. The standard InChI is InChI=1S/C18H16N2O5S/c19-16-13(26(23,24)25)8-12(20-9-4-3-5-9)14-15(16)18(22)11-7-2-1-6-10(11)17(14)21/h1-2,6-9,20H,3-5,19H2,(H,23,24,25). The number of carbonyl (C=O) groups is 2. The van der Waals surface area contributed by atoms with Crippen LogP contribution in [0, 0.1) is 0 Å². The van der Waals surface area contributed by atoms with E-state index in [1.807, 2.05) is 0 Å². The summed E-state index contributed by atoms with van der Waals surface area (Å²) in [6.45, 7) is 0. The molecule has 8 heteroatoms. The van der Waals surface area contributed by atoms with Gasteiger partial charge in [0, 0.05) is 22.9 Å². The molecule has 2 aromatic carbocycles. The molecule has 7 nitrogen and oxygen atoms in total. The molecule has 4 N–H and O–H groups in total. The van der Waals surface area contributed by atoms with Crippen LogP contribution in [0.3, 0.4) is 0 Å². The Hall–Kier alpha value is -2.71. The van der Waals surface area contributed by atoms with Crippen LogP contribution in [0.2, 0.25) is 0 Å². The zero-order valence-electron chi connectivity index (χ0n) is 13.7. The first-order chi connectivity index (χ1) is 12.3. The van der Waals surface area contributed by atoms with E-state index in [0.29, 0.717) is 0 Å². The average Bonchev–Trinajstić information content (AvgIpc) is 2.55. The molecule has 134 valence electrons. The van der Waals surface area contributed by atoms with Crippen LogP contribution < -0.4 is 11.1 Å². The first-order valence-corrected chi connectivity index (χ1v) is 9.62. The molecule has 4 rings (SSSR count). The second-order valence-electron chi connectivity index (χ2n) is 6.54. The molecule has 0 bridgehead atoms. The first kappa shape index (κ1) is 16.7. The maximum atomic E-state index is 13.0. The Kier molecular flexibility index (Phi) is 3.64. The summed E-state index contributed by atoms with van der Waals surface area (Å²) in [5, 5.41) is 3.12. The predicted octanol–water partition coefficient (Wildman–Crippen LogP) is 2.26. The first-order valence-electron chi connectivity index (χ1n) is 8.18. The molecule has 0 saturated heterocycles. The lowest BCUT2D eigenvalue weighted by atomic mass is 9.82. The van der Waals surface area contributed by atoms with Crippen LogP contribution in [0.15, 0.2) is 35.2 Å². The number of benzene rings is 2. The van der Waals surface area contributed by atoms with E-state index >= 15 is 0 Å². The largest absolute Gasteiger partial charge is 0.397 e. The molecule has 26 heavy (non-hydrogen) atoms. The Morgan fingerprint density at radius 3 is 2.12 bits per heavy atom. The van der Waals surface area contributed by atoms with Gasteiger partial charge < -0.3 is 11.1 Å². The van der Waals surface area contributed by atoms with Gasteiger partial charge in [0.25, 0.3) is 10.1 Å². The Bertz CT molecular complexity index is 1070. The number of ketones is 2. The van der Waals surface area contributed by atoms with E-state index in [9.17, 15) is 22.6 Å². The number of anilines is 2. The number of hydrogen-bond donors (Lipinski definition) is 3. The van der Waals surface area contributed by atoms with Crippen molar-refractivity contribution in [3.8, 4) is 0 Å². The van der Waals surface area contributed by atoms with Crippen LogP contribution in [-0.4, -0.2) is 30.6 Å². The summed E-state index contributed by atoms with van der Waals surface area (Å²) in [6.07, 6.45) is 2.77. The van der Waals surface area contributed by atoms with Crippen LogP contribution in [0.1, 0.15) is 51.1 Å². The second kappa shape index (κ2) is 5.65. The maximum absolute atomic E-state index is 13.0. The number of nitrogens with one attached hydrogen (secondary N) is 1. The van der Waals surface area contributed by atoms with Crippen LogP contribution in [0.4, 0.5) is 11.4 Å². The maximum Gasteiger partial charge on any atom is 0.296 e. The van der Waals surface area contributed by atoms with Crippen molar-refractivity contribution in [2.24, 2.45) is 0 Å². The Morgan fingerprint density at radius 1 is 1.04 bits per heavy atom. The van der Waals surface area contributed by atoms with Crippen molar-refractivity contribution < 1.29 is 22.6 Å². The molecule has 1 fully saturated rings. The zero-order chi connectivity index (χ0) is 18.6. The lowest BCUT2D eigenvalue weighted by molar-refractivity contribution is 0.0980. The highest BCUT2D eigenvalue weighted by Gasteiger charge is 2.37. The zero-order valence-corrected chi connectivity index (χ0v) is 14.5. The average molecular weight is 372 g/mol. The summed E-state index contributed by atoms with van der Waals surface area (Å²) < 4.78 is 33.0. The van der Waals surface area contributed by atoms with Crippen molar-refractivity contribution in [1.82, 2.24) is 0 Å². The number of carbonyl (C=O) groups excluding carboxylic acids is 2. The minimum Gasteiger partial charge on any atom is -0.397 e. The predicted molar refractivity (Wildman–Crippen MR) is 95.2 cm³/mol. The lowest BCUT2D eigenvalue weighted by Crippen LogP contribution is -2.31. The summed E-state index contributed by atoms with van der Waals surface area (Å²) in [5.41, 5.74) is 6.01. The van der Waals surface area contributed by atoms with E-state index in [1.165, 1.54) is 6.07 Å². The van der Waals surface area contributed by atoms with Gasteiger partial charge in [0.15, 0.2) is 11.6 Å². The van der Waals surface area contributed by atoms with Crippen LogP contribution in [0.5, 0.6) is 0 Å². The van der Waals surface area contributed by atoms with Crippen LogP contribution in [-0.2, 0) is 10.1 Å². The molecule has 2 aromatic rings. The minimum atomic E-state index is -4.66. The molecule has 0 aliphatic heterocycles. The normalized spacial score (nSPS) is 16.7. The van der Waals surface area contributed by atoms with E-state index in [4.69, 9.17) is 5.73 Å².